The number of guanidine groups is 1. The first-order chi connectivity index (χ1) is 14.9. The van der Waals surface area contributed by atoms with Crippen LogP contribution in [0.5, 0.6) is 0 Å². The quantitative estimate of drug-likeness (QED) is 0.230. The predicted octanol–water partition coefficient (Wildman–Crippen LogP) is 0.374. The lowest BCUT2D eigenvalue weighted by atomic mass is 9.91. The lowest BCUT2D eigenvalue weighted by Gasteiger charge is -2.34. The summed E-state index contributed by atoms with van der Waals surface area (Å²) < 4.78 is 10.3. The van der Waals surface area contributed by atoms with Crippen LogP contribution in [0.1, 0.15) is 32.1 Å². The van der Waals surface area contributed by atoms with Crippen LogP contribution in [-0.2, 0) is 14.3 Å². The van der Waals surface area contributed by atoms with Crippen LogP contribution in [0, 0.1) is 11.3 Å². The topological polar surface area (TPSA) is 115 Å². The average molecular weight is 439 g/mol. The third-order valence-electron chi connectivity index (χ3n) is 6.70. The SMILES string of the molecule is COC(=O)CN1CCN(CC2CN(CCCCC3CCN(C(=N)N)CC3)C(=O)O2)CC1. The molecule has 0 saturated carbocycles. The number of carbonyl (C=O) groups excluding carboxylic acids is 2. The Kier molecular flexibility index (Phi) is 8.77. The molecule has 3 rings (SSSR count). The summed E-state index contributed by atoms with van der Waals surface area (Å²) in [5, 5.41) is 7.51. The van der Waals surface area contributed by atoms with Gasteiger partial charge in [0.25, 0.3) is 0 Å². The second-order valence-corrected chi connectivity index (χ2v) is 8.92. The monoisotopic (exact) mass is 438 g/mol. The normalized spacial score (nSPS) is 23.8. The molecule has 1 unspecified atom stereocenters. The van der Waals surface area contributed by atoms with E-state index in [0.29, 0.717) is 19.0 Å². The number of hydrogen-bond donors (Lipinski definition) is 2. The average Bonchev–Trinajstić information content (AvgIpc) is 3.11. The Morgan fingerprint density at radius 2 is 1.81 bits per heavy atom. The Balaban J connectivity index is 1.27. The number of rotatable bonds is 9. The standard InChI is InChI=1S/C21H38N6O4/c1-30-19(28)16-25-12-10-24(11-13-25)14-18-15-27(21(29)31-18)7-3-2-4-17-5-8-26(9-6-17)20(22)23/h17-18H,2-16H2,1H3,(H3,22,23). The van der Waals surface area contributed by atoms with Crippen molar-refractivity contribution in [2.24, 2.45) is 11.7 Å². The van der Waals surface area contributed by atoms with Crippen LogP contribution in [0.15, 0.2) is 0 Å². The Bertz CT molecular complexity index is 617. The molecule has 0 aromatic heterocycles. The van der Waals surface area contributed by atoms with Crippen molar-refractivity contribution in [2.45, 2.75) is 38.2 Å². The number of methoxy groups -OCH3 is 1. The number of esters is 1. The number of likely N-dealkylation sites (tertiary alicyclic amines) is 1. The molecule has 0 aromatic carbocycles. The number of carbonyl (C=O) groups is 2. The van der Waals surface area contributed by atoms with Gasteiger partial charge in [0.05, 0.1) is 20.2 Å². The first-order valence-corrected chi connectivity index (χ1v) is 11.5. The van der Waals surface area contributed by atoms with E-state index in [1.165, 1.54) is 13.5 Å². The van der Waals surface area contributed by atoms with Crippen molar-refractivity contribution >= 4 is 18.0 Å². The number of piperidine rings is 1. The molecule has 1 atom stereocenters. The van der Waals surface area contributed by atoms with Gasteiger partial charge in [-0.25, -0.2) is 4.79 Å². The van der Waals surface area contributed by atoms with Gasteiger partial charge in [-0.3, -0.25) is 20.0 Å². The number of nitrogens with two attached hydrogens (primary N) is 1. The van der Waals surface area contributed by atoms with E-state index >= 15 is 0 Å². The maximum absolute atomic E-state index is 12.2. The predicted molar refractivity (Wildman–Crippen MR) is 117 cm³/mol. The van der Waals surface area contributed by atoms with Gasteiger partial charge in [0.15, 0.2) is 5.96 Å². The Morgan fingerprint density at radius 1 is 1.13 bits per heavy atom. The van der Waals surface area contributed by atoms with Crippen molar-refractivity contribution in [3.8, 4) is 0 Å². The number of amides is 1. The van der Waals surface area contributed by atoms with Gasteiger partial charge in [0.1, 0.15) is 6.10 Å². The van der Waals surface area contributed by atoms with Gasteiger partial charge >= 0.3 is 12.1 Å². The number of cyclic esters (lactones) is 1. The number of ether oxygens (including phenoxy) is 2. The van der Waals surface area contributed by atoms with Gasteiger partial charge in [-0.15, -0.1) is 0 Å². The highest BCUT2D eigenvalue weighted by molar-refractivity contribution is 5.74. The maximum Gasteiger partial charge on any atom is 0.410 e. The molecule has 1 amide bonds. The molecule has 3 fully saturated rings. The minimum atomic E-state index is -0.199. The number of piperazine rings is 1. The van der Waals surface area contributed by atoms with Gasteiger partial charge in [-0.2, -0.15) is 0 Å². The zero-order valence-electron chi connectivity index (χ0n) is 18.8. The molecule has 3 N–H and O–H groups in total. The molecule has 3 aliphatic rings. The van der Waals surface area contributed by atoms with E-state index < -0.39 is 0 Å². The van der Waals surface area contributed by atoms with E-state index in [1.54, 1.807) is 0 Å². The maximum atomic E-state index is 12.2. The molecule has 176 valence electrons. The largest absolute Gasteiger partial charge is 0.468 e. The summed E-state index contributed by atoms with van der Waals surface area (Å²) in [4.78, 5) is 31.8. The smallest absolute Gasteiger partial charge is 0.410 e. The molecule has 0 bridgehead atoms. The molecule has 31 heavy (non-hydrogen) atoms. The third-order valence-corrected chi connectivity index (χ3v) is 6.70. The summed E-state index contributed by atoms with van der Waals surface area (Å²) >= 11 is 0. The van der Waals surface area contributed by atoms with Gasteiger partial charge in [0, 0.05) is 52.4 Å². The lowest BCUT2D eigenvalue weighted by Crippen LogP contribution is -2.50. The fourth-order valence-electron chi connectivity index (χ4n) is 4.72. The number of unbranched alkanes of at least 4 members (excludes halogenated alkanes) is 1. The zero-order chi connectivity index (χ0) is 22.2. The summed E-state index contributed by atoms with van der Waals surface area (Å²) in [5.74, 6) is 0.686. The van der Waals surface area contributed by atoms with Crippen LogP contribution in [0.2, 0.25) is 0 Å². The molecule has 0 radical (unpaired) electrons. The van der Waals surface area contributed by atoms with Gasteiger partial charge in [-0.05, 0) is 25.2 Å². The Hall–Kier alpha value is -2.07. The van der Waals surface area contributed by atoms with E-state index in [4.69, 9.17) is 20.6 Å². The van der Waals surface area contributed by atoms with Gasteiger partial charge in [-0.1, -0.05) is 12.8 Å². The minimum absolute atomic E-state index is 0.0736. The van der Waals surface area contributed by atoms with E-state index in [2.05, 4.69) is 9.80 Å². The lowest BCUT2D eigenvalue weighted by molar-refractivity contribution is -0.142. The third kappa shape index (κ3) is 7.24. The van der Waals surface area contributed by atoms with Crippen molar-refractivity contribution in [2.75, 3.05) is 72.6 Å². The number of hydrogen-bond acceptors (Lipinski definition) is 7. The Morgan fingerprint density at radius 3 is 2.45 bits per heavy atom. The summed E-state index contributed by atoms with van der Waals surface area (Å²) in [5.41, 5.74) is 5.55. The fraction of sp³-hybridized carbons (Fsp3) is 0.857. The van der Waals surface area contributed by atoms with Crippen molar-refractivity contribution < 1.29 is 19.1 Å². The van der Waals surface area contributed by atoms with E-state index in [0.717, 1.165) is 78.0 Å². The highest BCUT2D eigenvalue weighted by atomic mass is 16.6. The van der Waals surface area contributed by atoms with Crippen molar-refractivity contribution in [3.63, 3.8) is 0 Å². The zero-order valence-corrected chi connectivity index (χ0v) is 18.8. The highest BCUT2D eigenvalue weighted by Crippen LogP contribution is 2.23. The molecule has 0 aromatic rings. The van der Waals surface area contributed by atoms with Crippen LogP contribution in [0.3, 0.4) is 0 Å². The summed E-state index contributed by atoms with van der Waals surface area (Å²) in [6, 6.07) is 0. The summed E-state index contributed by atoms with van der Waals surface area (Å²) in [6.07, 6.45) is 5.22. The van der Waals surface area contributed by atoms with Crippen LogP contribution in [-0.4, -0.2) is 116 Å². The molecule has 0 aliphatic carbocycles. The Labute approximate surface area is 185 Å². The van der Waals surface area contributed by atoms with Crippen LogP contribution >= 0.6 is 0 Å². The van der Waals surface area contributed by atoms with Crippen molar-refractivity contribution in [3.05, 3.63) is 0 Å². The van der Waals surface area contributed by atoms with Crippen molar-refractivity contribution in [1.29, 1.82) is 5.41 Å². The van der Waals surface area contributed by atoms with Crippen LogP contribution in [0.4, 0.5) is 4.79 Å². The fourth-order valence-corrected chi connectivity index (χ4v) is 4.72. The highest BCUT2D eigenvalue weighted by Gasteiger charge is 2.33. The molecule has 3 heterocycles. The summed E-state index contributed by atoms with van der Waals surface area (Å²) in [6.45, 7) is 7.67. The van der Waals surface area contributed by atoms with Gasteiger partial charge < -0.3 is 25.0 Å². The molecule has 3 saturated heterocycles. The first-order valence-electron chi connectivity index (χ1n) is 11.5. The molecule has 10 heteroatoms. The number of nitrogens with one attached hydrogen (secondary N) is 1. The summed E-state index contributed by atoms with van der Waals surface area (Å²) in [7, 11) is 1.41. The first kappa shape index (κ1) is 23.6. The molecule has 0 spiro atoms. The molecular weight excluding hydrogens is 400 g/mol. The van der Waals surface area contributed by atoms with E-state index in [1.807, 2.05) is 9.80 Å². The van der Waals surface area contributed by atoms with E-state index in [9.17, 15) is 9.59 Å². The van der Waals surface area contributed by atoms with Crippen LogP contribution in [0.25, 0.3) is 0 Å². The van der Waals surface area contributed by atoms with Crippen molar-refractivity contribution in [1.82, 2.24) is 19.6 Å². The molecular formula is C21H38N6O4. The van der Waals surface area contributed by atoms with Crippen LogP contribution < -0.4 is 5.73 Å². The number of nitrogens with zero attached hydrogens (tertiary/aromatic N) is 4. The second-order valence-electron chi connectivity index (χ2n) is 8.92. The van der Waals surface area contributed by atoms with Gasteiger partial charge in [0.2, 0.25) is 0 Å². The minimum Gasteiger partial charge on any atom is -0.468 e. The molecule has 10 nitrogen and oxygen atoms in total. The molecule has 3 aliphatic heterocycles. The second kappa shape index (κ2) is 11.5. The van der Waals surface area contributed by atoms with E-state index in [-0.39, 0.29) is 24.1 Å².